The molecule has 4 aromatic rings. The number of aromatic nitrogens is 4. The molecule has 0 aliphatic heterocycles. The summed E-state index contributed by atoms with van der Waals surface area (Å²) >= 11 is 0. The highest BCUT2D eigenvalue weighted by Crippen LogP contribution is 2.26. The Balaban J connectivity index is 1.84. The molecule has 0 unspecified atom stereocenters. The van der Waals surface area contributed by atoms with Gasteiger partial charge in [0.15, 0.2) is 11.4 Å². The fourth-order valence-electron chi connectivity index (χ4n) is 2.73. The lowest BCUT2D eigenvalue weighted by atomic mass is 10.1. The molecule has 0 aliphatic rings. The molecule has 0 spiro atoms. The molecule has 0 amide bonds. The van der Waals surface area contributed by atoms with Crippen LogP contribution in [-0.2, 0) is 10.0 Å². The SMILES string of the molecule is Cc1nn2c(-c3ccc(S(=O)(=O)NCCO)o3)nnc2c2ccccc12. The van der Waals surface area contributed by atoms with Crippen molar-refractivity contribution in [3.63, 3.8) is 0 Å². The van der Waals surface area contributed by atoms with Crippen LogP contribution in [0.3, 0.4) is 0 Å². The Bertz CT molecular complexity index is 1210. The first-order valence-corrected chi connectivity index (χ1v) is 9.31. The van der Waals surface area contributed by atoms with Crippen LogP contribution >= 0.6 is 0 Å². The van der Waals surface area contributed by atoms with E-state index in [9.17, 15) is 8.42 Å². The van der Waals surface area contributed by atoms with Gasteiger partial charge in [0.1, 0.15) is 0 Å². The number of rotatable bonds is 5. The van der Waals surface area contributed by atoms with Crippen molar-refractivity contribution >= 4 is 26.4 Å². The molecular formula is C16H15N5O4S. The molecule has 134 valence electrons. The molecule has 0 saturated heterocycles. The Hall–Kier alpha value is -2.82. The van der Waals surface area contributed by atoms with Gasteiger partial charge in [-0.3, -0.25) is 0 Å². The summed E-state index contributed by atoms with van der Waals surface area (Å²) in [5.74, 6) is 0.529. The van der Waals surface area contributed by atoms with Gasteiger partial charge in [-0.2, -0.15) is 9.61 Å². The summed E-state index contributed by atoms with van der Waals surface area (Å²) in [7, 11) is -3.84. The van der Waals surface area contributed by atoms with E-state index in [1.54, 1.807) is 0 Å². The third kappa shape index (κ3) is 2.64. The molecule has 0 atom stereocenters. The first-order valence-electron chi connectivity index (χ1n) is 7.83. The van der Waals surface area contributed by atoms with E-state index in [0.717, 1.165) is 16.5 Å². The number of aryl methyl sites for hydroxylation is 1. The van der Waals surface area contributed by atoms with Gasteiger partial charge in [0.2, 0.25) is 10.9 Å². The van der Waals surface area contributed by atoms with Crippen LogP contribution in [0.1, 0.15) is 5.69 Å². The lowest BCUT2D eigenvalue weighted by Crippen LogP contribution is -2.26. The summed E-state index contributed by atoms with van der Waals surface area (Å²) in [6.07, 6.45) is 0. The van der Waals surface area contributed by atoms with Crippen molar-refractivity contribution in [1.29, 1.82) is 0 Å². The van der Waals surface area contributed by atoms with Gasteiger partial charge in [-0.05, 0) is 19.1 Å². The zero-order valence-corrected chi connectivity index (χ0v) is 14.6. The second-order valence-electron chi connectivity index (χ2n) is 5.63. The molecule has 0 radical (unpaired) electrons. The van der Waals surface area contributed by atoms with E-state index in [1.165, 1.54) is 16.6 Å². The van der Waals surface area contributed by atoms with Crippen molar-refractivity contribution in [3.05, 3.63) is 42.1 Å². The van der Waals surface area contributed by atoms with Gasteiger partial charge >= 0.3 is 0 Å². The van der Waals surface area contributed by atoms with Crippen molar-refractivity contribution in [2.75, 3.05) is 13.2 Å². The molecule has 1 aromatic carbocycles. The van der Waals surface area contributed by atoms with Crippen LogP contribution in [0.15, 0.2) is 45.9 Å². The fourth-order valence-corrected chi connectivity index (χ4v) is 3.68. The van der Waals surface area contributed by atoms with E-state index in [4.69, 9.17) is 9.52 Å². The average molecular weight is 373 g/mol. The number of benzene rings is 1. The molecule has 3 aromatic heterocycles. The van der Waals surface area contributed by atoms with Crippen LogP contribution in [0.5, 0.6) is 0 Å². The van der Waals surface area contributed by atoms with Crippen LogP contribution in [0.25, 0.3) is 28.0 Å². The average Bonchev–Trinajstić information content (AvgIpc) is 3.27. The molecule has 4 rings (SSSR count). The monoisotopic (exact) mass is 373 g/mol. The van der Waals surface area contributed by atoms with Crippen molar-refractivity contribution in [2.45, 2.75) is 12.0 Å². The zero-order valence-electron chi connectivity index (χ0n) is 13.7. The van der Waals surface area contributed by atoms with Crippen molar-refractivity contribution in [1.82, 2.24) is 24.5 Å². The van der Waals surface area contributed by atoms with E-state index in [2.05, 4.69) is 20.0 Å². The fraction of sp³-hybridized carbons (Fsp3) is 0.188. The third-order valence-corrected chi connectivity index (χ3v) is 5.25. The third-order valence-electron chi connectivity index (χ3n) is 3.92. The number of nitrogens with one attached hydrogen (secondary N) is 1. The van der Waals surface area contributed by atoms with Crippen LogP contribution in [0.4, 0.5) is 0 Å². The second-order valence-corrected chi connectivity index (χ2v) is 7.33. The minimum atomic E-state index is -3.84. The Morgan fingerprint density at radius 1 is 1.15 bits per heavy atom. The number of furan rings is 1. The highest BCUT2D eigenvalue weighted by Gasteiger charge is 2.22. The summed E-state index contributed by atoms with van der Waals surface area (Å²) in [6.45, 7) is 1.47. The number of hydrogen-bond donors (Lipinski definition) is 2. The summed E-state index contributed by atoms with van der Waals surface area (Å²) in [4.78, 5) is 0. The van der Waals surface area contributed by atoms with E-state index in [-0.39, 0.29) is 24.0 Å². The first kappa shape index (κ1) is 16.6. The molecule has 0 bridgehead atoms. The highest BCUT2D eigenvalue weighted by atomic mass is 32.2. The standard InChI is InChI=1S/C16H15N5O4S/c1-10-11-4-2-3-5-12(11)15-18-19-16(21(15)20-10)13-6-7-14(25-13)26(23,24)17-8-9-22/h2-7,17,22H,8-9H2,1H3. The predicted molar refractivity (Wildman–Crippen MR) is 93.0 cm³/mol. The van der Waals surface area contributed by atoms with Gasteiger partial charge in [0.25, 0.3) is 10.0 Å². The molecule has 0 saturated carbocycles. The lowest BCUT2D eigenvalue weighted by Gasteiger charge is -2.04. The number of aliphatic hydroxyl groups excluding tert-OH is 1. The number of fused-ring (bicyclic) bond motifs is 3. The number of hydrogen-bond acceptors (Lipinski definition) is 7. The molecule has 9 nitrogen and oxygen atoms in total. The van der Waals surface area contributed by atoms with E-state index in [0.29, 0.717) is 11.5 Å². The zero-order chi connectivity index (χ0) is 18.3. The number of aliphatic hydroxyl groups is 1. The van der Waals surface area contributed by atoms with Crippen LogP contribution in [-0.4, -0.2) is 46.5 Å². The van der Waals surface area contributed by atoms with Crippen molar-refractivity contribution in [2.24, 2.45) is 0 Å². The van der Waals surface area contributed by atoms with E-state index >= 15 is 0 Å². The van der Waals surface area contributed by atoms with Crippen molar-refractivity contribution < 1.29 is 17.9 Å². The maximum Gasteiger partial charge on any atom is 0.274 e. The topological polar surface area (TPSA) is 123 Å². The Morgan fingerprint density at radius 3 is 2.69 bits per heavy atom. The van der Waals surface area contributed by atoms with Gasteiger partial charge in [-0.15, -0.1) is 10.2 Å². The first-order chi connectivity index (χ1) is 12.5. The molecular weight excluding hydrogens is 358 g/mol. The quantitative estimate of drug-likeness (QED) is 0.537. The van der Waals surface area contributed by atoms with Crippen LogP contribution in [0.2, 0.25) is 0 Å². The number of sulfonamides is 1. The summed E-state index contributed by atoms with van der Waals surface area (Å²) < 4.78 is 33.4. The molecule has 3 heterocycles. The summed E-state index contributed by atoms with van der Waals surface area (Å²) in [5.41, 5.74) is 1.35. The van der Waals surface area contributed by atoms with Gasteiger partial charge in [-0.1, -0.05) is 24.3 Å². The molecule has 0 aliphatic carbocycles. The van der Waals surface area contributed by atoms with Gasteiger partial charge in [0, 0.05) is 17.3 Å². The highest BCUT2D eigenvalue weighted by molar-refractivity contribution is 7.89. The van der Waals surface area contributed by atoms with Crippen LogP contribution < -0.4 is 4.72 Å². The molecule has 10 heteroatoms. The smallest absolute Gasteiger partial charge is 0.274 e. The molecule has 26 heavy (non-hydrogen) atoms. The molecule has 0 fully saturated rings. The predicted octanol–water partition coefficient (Wildman–Crippen LogP) is 1.12. The summed E-state index contributed by atoms with van der Waals surface area (Å²) in [5, 5.41) is 23.2. The maximum atomic E-state index is 12.1. The van der Waals surface area contributed by atoms with Crippen LogP contribution in [0, 0.1) is 6.92 Å². The Morgan fingerprint density at radius 2 is 1.92 bits per heavy atom. The second kappa shape index (κ2) is 6.16. The number of nitrogens with zero attached hydrogens (tertiary/aromatic N) is 4. The van der Waals surface area contributed by atoms with Crippen molar-refractivity contribution in [3.8, 4) is 11.6 Å². The minimum absolute atomic E-state index is 0.0982. The van der Waals surface area contributed by atoms with Gasteiger partial charge in [-0.25, -0.2) is 13.1 Å². The maximum absolute atomic E-state index is 12.1. The van der Waals surface area contributed by atoms with Gasteiger partial charge < -0.3 is 9.52 Å². The van der Waals surface area contributed by atoms with E-state index < -0.39 is 10.0 Å². The lowest BCUT2D eigenvalue weighted by molar-refractivity contribution is 0.300. The summed E-state index contributed by atoms with van der Waals surface area (Å²) in [6, 6.07) is 10.5. The minimum Gasteiger partial charge on any atom is -0.440 e. The van der Waals surface area contributed by atoms with E-state index in [1.807, 2.05) is 31.2 Å². The normalized spacial score (nSPS) is 12.2. The Kier molecular flexibility index (Phi) is 3.94. The Labute approximate surface area is 148 Å². The largest absolute Gasteiger partial charge is 0.440 e. The van der Waals surface area contributed by atoms with Gasteiger partial charge in [0.05, 0.1) is 12.3 Å². The molecule has 2 N–H and O–H groups in total.